The predicted octanol–water partition coefficient (Wildman–Crippen LogP) is 2.04. The van der Waals surface area contributed by atoms with E-state index in [0.29, 0.717) is 11.0 Å². The maximum atomic E-state index is 12.1. The highest BCUT2D eigenvalue weighted by atomic mass is 79.9. The van der Waals surface area contributed by atoms with Crippen LogP contribution in [0.4, 0.5) is 0 Å². The van der Waals surface area contributed by atoms with Gasteiger partial charge >= 0.3 is 0 Å². The fourth-order valence-corrected chi connectivity index (χ4v) is 2.94. The summed E-state index contributed by atoms with van der Waals surface area (Å²) in [5, 5.41) is 0. The van der Waals surface area contributed by atoms with E-state index in [9.17, 15) is 4.79 Å². The number of hydrogen-bond acceptors (Lipinski definition) is 4. The molecule has 0 atom stereocenters. The highest BCUT2D eigenvalue weighted by molar-refractivity contribution is 9.10. The molecule has 1 aromatic heterocycles. The minimum absolute atomic E-state index is 0.0184. The zero-order chi connectivity index (χ0) is 13.2. The molecule has 0 N–H and O–H groups in total. The quantitative estimate of drug-likeness (QED) is 0.861. The molecule has 0 unspecified atom stereocenters. The van der Waals surface area contributed by atoms with Crippen LogP contribution in [0.2, 0.25) is 0 Å². The van der Waals surface area contributed by atoms with E-state index in [1.807, 2.05) is 6.92 Å². The van der Waals surface area contributed by atoms with Gasteiger partial charge in [0, 0.05) is 25.2 Å². The summed E-state index contributed by atoms with van der Waals surface area (Å²) in [6.45, 7) is 3.97. The maximum absolute atomic E-state index is 12.1. The van der Waals surface area contributed by atoms with E-state index < -0.39 is 0 Å². The van der Waals surface area contributed by atoms with Crippen LogP contribution in [0.3, 0.4) is 0 Å². The van der Waals surface area contributed by atoms with E-state index in [0.717, 1.165) is 37.5 Å². The fourth-order valence-electron chi connectivity index (χ4n) is 2.19. The van der Waals surface area contributed by atoms with E-state index in [1.165, 1.54) is 0 Å². The van der Waals surface area contributed by atoms with Gasteiger partial charge in [-0.25, -0.2) is 4.98 Å². The van der Waals surface area contributed by atoms with Gasteiger partial charge < -0.3 is 4.74 Å². The van der Waals surface area contributed by atoms with E-state index in [4.69, 9.17) is 4.74 Å². The number of nitrogens with zero attached hydrogens (tertiary/aromatic N) is 2. The second kappa shape index (κ2) is 5.75. The van der Waals surface area contributed by atoms with Gasteiger partial charge in [0.2, 0.25) is 0 Å². The summed E-state index contributed by atoms with van der Waals surface area (Å²) >= 11 is 7.75. The second-order valence-electron chi connectivity index (χ2n) is 4.85. The van der Waals surface area contributed by atoms with Crippen molar-refractivity contribution in [1.29, 1.82) is 0 Å². The predicted molar refractivity (Wildman–Crippen MR) is 77.3 cm³/mol. The summed E-state index contributed by atoms with van der Waals surface area (Å²) in [7, 11) is 0. The Kier molecular flexibility index (Phi) is 4.50. The van der Waals surface area contributed by atoms with Crippen LogP contribution in [0.5, 0.6) is 0 Å². The topological polar surface area (TPSA) is 44.1 Å². The molecule has 0 radical (unpaired) electrons. The molecule has 1 aliphatic rings. The fraction of sp³-hybridized carbons (Fsp3) is 0.667. The van der Waals surface area contributed by atoms with Crippen molar-refractivity contribution < 1.29 is 4.74 Å². The van der Waals surface area contributed by atoms with E-state index in [2.05, 4.69) is 33.5 Å². The highest BCUT2D eigenvalue weighted by Gasteiger charge is 2.32. The molecule has 0 amide bonds. The normalized spacial score (nSPS) is 18.8. The van der Waals surface area contributed by atoms with Crippen LogP contribution >= 0.6 is 28.6 Å². The minimum atomic E-state index is -0.0184. The Labute approximate surface area is 120 Å². The molecule has 0 aromatic carbocycles. The monoisotopic (exact) mass is 332 g/mol. The van der Waals surface area contributed by atoms with E-state index >= 15 is 0 Å². The summed E-state index contributed by atoms with van der Waals surface area (Å²) in [6.07, 6.45) is 3.51. The highest BCUT2D eigenvalue weighted by Crippen LogP contribution is 2.33. The Morgan fingerprint density at radius 3 is 2.83 bits per heavy atom. The molecule has 1 saturated heterocycles. The number of hydrogen-bond donors (Lipinski definition) is 1. The van der Waals surface area contributed by atoms with Gasteiger partial charge in [-0.2, -0.15) is 12.6 Å². The zero-order valence-corrected chi connectivity index (χ0v) is 12.8. The molecule has 2 rings (SSSR count). The number of aromatic nitrogens is 2. The van der Waals surface area contributed by atoms with Crippen LogP contribution in [0, 0.1) is 12.3 Å². The van der Waals surface area contributed by atoms with Crippen LogP contribution in [0.15, 0.2) is 15.6 Å². The molecule has 0 bridgehead atoms. The molecular formula is C12H17BrN2O2S. The van der Waals surface area contributed by atoms with Gasteiger partial charge in [-0.3, -0.25) is 9.36 Å². The van der Waals surface area contributed by atoms with Crippen molar-refractivity contribution in [2.24, 2.45) is 5.41 Å². The standard InChI is InChI=1S/C12H17BrN2O2S/c1-9-10(13)11(16)15(8-14-9)6-12(7-18)2-4-17-5-3-12/h8,18H,2-7H2,1H3. The molecule has 0 saturated carbocycles. The summed E-state index contributed by atoms with van der Waals surface area (Å²) in [5.74, 6) is 0.758. The third-order valence-electron chi connectivity index (χ3n) is 3.55. The Morgan fingerprint density at radius 2 is 2.22 bits per heavy atom. The summed E-state index contributed by atoms with van der Waals surface area (Å²) in [6, 6.07) is 0. The summed E-state index contributed by atoms with van der Waals surface area (Å²) in [4.78, 5) is 16.4. The molecule has 1 aromatic rings. The Bertz CT molecular complexity index is 483. The average molecular weight is 333 g/mol. The van der Waals surface area contributed by atoms with Crippen LogP contribution in [-0.2, 0) is 11.3 Å². The van der Waals surface area contributed by atoms with Crippen molar-refractivity contribution in [1.82, 2.24) is 9.55 Å². The van der Waals surface area contributed by atoms with Gasteiger partial charge in [0.1, 0.15) is 4.47 Å². The molecule has 100 valence electrons. The number of thiol groups is 1. The third-order valence-corrected chi connectivity index (χ3v) is 5.14. The van der Waals surface area contributed by atoms with Crippen molar-refractivity contribution in [2.45, 2.75) is 26.3 Å². The average Bonchev–Trinajstić information content (AvgIpc) is 2.41. The number of ether oxygens (including phenoxy) is 1. The lowest BCUT2D eigenvalue weighted by Gasteiger charge is -2.36. The lowest BCUT2D eigenvalue weighted by Crippen LogP contribution is -2.38. The first-order valence-corrected chi connectivity index (χ1v) is 7.41. The molecule has 18 heavy (non-hydrogen) atoms. The second-order valence-corrected chi connectivity index (χ2v) is 5.96. The maximum Gasteiger partial charge on any atom is 0.267 e. The van der Waals surface area contributed by atoms with Crippen LogP contribution in [0.1, 0.15) is 18.5 Å². The van der Waals surface area contributed by atoms with Crippen molar-refractivity contribution in [3.63, 3.8) is 0 Å². The van der Waals surface area contributed by atoms with Gasteiger partial charge in [-0.05, 0) is 41.4 Å². The van der Waals surface area contributed by atoms with Gasteiger partial charge in [-0.1, -0.05) is 0 Å². The van der Waals surface area contributed by atoms with Gasteiger partial charge in [-0.15, -0.1) is 0 Å². The largest absolute Gasteiger partial charge is 0.381 e. The number of halogens is 1. The molecule has 2 heterocycles. The van der Waals surface area contributed by atoms with Gasteiger partial charge in [0.05, 0.1) is 12.0 Å². The van der Waals surface area contributed by atoms with Crippen molar-refractivity contribution in [3.05, 3.63) is 26.8 Å². The third kappa shape index (κ3) is 2.81. The van der Waals surface area contributed by atoms with Crippen LogP contribution in [-0.4, -0.2) is 28.5 Å². The minimum Gasteiger partial charge on any atom is -0.381 e. The summed E-state index contributed by atoms with van der Waals surface area (Å²) < 4.78 is 7.62. The van der Waals surface area contributed by atoms with E-state index in [-0.39, 0.29) is 11.0 Å². The Balaban J connectivity index is 2.27. The Morgan fingerprint density at radius 1 is 1.56 bits per heavy atom. The molecule has 1 fully saturated rings. The van der Waals surface area contributed by atoms with Crippen LogP contribution in [0.25, 0.3) is 0 Å². The lowest BCUT2D eigenvalue weighted by atomic mass is 9.82. The first-order chi connectivity index (χ1) is 8.58. The summed E-state index contributed by atoms with van der Waals surface area (Å²) in [5.41, 5.74) is 0.750. The smallest absolute Gasteiger partial charge is 0.267 e. The molecule has 0 aliphatic carbocycles. The van der Waals surface area contributed by atoms with Crippen molar-refractivity contribution >= 4 is 28.6 Å². The van der Waals surface area contributed by atoms with Gasteiger partial charge in [0.25, 0.3) is 5.56 Å². The molecular weight excluding hydrogens is 316 g/mol. The molecule has 0 spiro atoms. The number of aryl methyl sites for hydroxylation is 1. The van der Waals surface area contributed by atoms with Gasteiger partial charge in [0.15, 0.2) is 0 Å². The molecule has 6 heteroatoms. The number of rotatable bonds is 3. The van der Waals surface area contributed by atoms with Crippen molar-refractivity contribution in [3.8, 4) is 0 Å². The Hall–Kier alpha value is -0.330. The molecule has 1 aliphatic heterocycles. The first kappa shape index (κ1) is 14.1. The zero-order valence-electron chi connectivity index (χ0n) is 10.4. The van der Waals surface area contributed by atoms with Crippen LogP contribution < -0.4 is 5.56 Å². The lowest BCUT2D eigenvalue weighted by molar-refractivity contribution is 0.0175. The molecule has 4 nitrogen and oxygen atoms in total. The first-order valence-electron chi connectivity index (χ1n) is 5.98. The SMILES string of the molecule is Cc1ncn(CC2(CS)CCOCC2)c(=O)c1Br. The van der Waals surface area contributed by atoms with E-state index in [1.54, 1.807) is 10.9 Å². The van der Waals surface area contributed by atoms with Crippen molar-refractivity contribution in [2.75, 3.05) is 19.0 Å².